The molecule has 0 amide bonds. The number of nitrogens with one attached hydrogen (secondary N) is 4. The summed E-state index contributed by atoms with van der Waals surface area (Å²) in [6.45, 7) is 3.54. The average Bonchev–Trinajstić information content (AvgIpc) is 2.45. The Hall–Kier alpha value is -1.39. The highest BCUT2D eigenvalue weighted by molar-refractivity contribution is 14.0. The molecule has 8 nitrogen and oxygen atoms in total. The molecule has 0 aliphatic carbocycles. The molecule has 0 saturated carbocycles. The van der Waals surface area contributed by atoms with Gasteiger partial charge in [0.05, 0.1) is 12.4 Å². The maximum Gasteiger partial charge on any atom is 0.212 e. The fourth-order valence-electron chi connectivity index (χ4n) is 1.48. The Kier molecular flexibility index (Phi) is 7.86. The Balaban J connectivity index is 0.00000180. The first-order valence-corrected chi connectivity index (χ1v) is 6.08. The molecule has 0 fully saturated rings. The van der Waals surface area contributed by atoms with Crippen LogP contribution in [0.15, 0.2) is 20.2 Å². The summed E-state index contributed by atoms with van der Waals surface area (Å²) >= 11 is 0. The van der Waals surface area contributed by atoms with Crippen molar-refractivity contribution in [3.63, 3.8) is 0 Å². The molecule has 2 heterocycles. The molecule has 0 aromatic rings. The van der Waals surface area contributed by atoms with Gasteiger partial charge in [-0.15, -0.1) is 24.0 Å². The van der Waals surface area contributed by atoms with Crippen LogP contribution in [0.4, 0.5) is 0 Å². The molecule has 0 bridgehead atoms. The third kappa shape index (κ3) is 6.36. The Morgan fingerprint density at radius 2 is 1.37 bits per heavy atom. The lowest BCUT2D eigenvalue weighted by molar-refractivity contribution is 0.711. The predicted molar refractivity (Wildman–Crippen MR) is 88.5 cm³/mol. The summed E-state index contributed by atoms with van der Waals surface area (Å²) in [5.41, 5.74) is 5.61. The van der Waals surface area contributed by atoms with E-state index in [1.54, 1.807) is 12.4 Å². The van der Waals surface area contributed by atoms with E-state index < -0.39 is 0 Å². The van der Waals surface area contributed by atoms with Gasteiger partial charge in [-0.3, -0.25) is 9.98 Å². The van der Waals surface area contributed by atoms with Gasteiger partial charge in [-0.05, 0) is 12.8 Å². The van der Waals surface area contributed by atoms with E-state index in [-0.39, 0.29) is 24.0 Å². The summed E-state index contributed by atoms with van der Waals surface area (Å²) in [6, 6.07) is 0. The van der Waals surface area contributed by atoms with E-state index in [1.807, 2.05) is 0 Å². The van der Waals surface area contributed by atoms with Crippen molar-refractivity contribution in [1.82, 2.24) is 21.5 Å². The number of hydrogen-bond donors (Lipinski definition) is 4. The fraction of sp³-hybridized carbons (Fsp3) is 0.600. The zero-order valence-electron chi connectivity index (χ0n) is 10.6. The highest BCUT2D eigenvalue weighted by atomic mass is 127. The Labute approximate surface area is 129 Å². The van der Waals surface area contributed by atoms with Crippen molar-refractivity contribution >= 4 is 48.3 Å². The van der Waals surface area contributed by atoms with Crippen LogP contribution < -0.4 is 21.5 Å². The Bertz CT molecular complexity index is 340. The highest BCUT2D eigenvalue weighted by Crippen LogP contribution is 1.87. The summed E-state index contributed by atoms with van der Waals surface area (Å²) in [5, 5.41) is 14.1. The smallest absolute Gasteiger partial charge is 0.212 e. The summed E-state index contributed by atoms with van der Waals surface area (Å²) in [7, 11) is 0. The maximum absolute atomic E-state index is 4.21. The third-order valence-electron chi connectivity index (χ3n) is 2.35. The van der Waals surface area contributed by atoms with Gasteiger partial charge >= 0.3 is 0 Å². The standard InChI is InChI=1S/C10H18N8.HI/c1-3-11-9(12-4-1)17-15-7-8-16-18-10-13-5-2-6-14-10;/h7-8H,1-6H2,(H2,11,12,17)(H2,13,14,18);1H/b15-7+,16-8+;. The molecule has 0 radical (unpaired) electrons. The second kappa shape index (κ2) is 9.53. The monoisotopic (exact) mass is 378 g/mol. The van der Waals surface area contributed by atoms with Crippen molar-refractivity contribution in [2.45, 2.75) is 12.8 Å². The number of guanidine groups is 2. The zero-order valence-corrected chi connectivity index (χ0v) is 12.9. The first-order chi connectivity index (χ1) is 8.95. The second-order valence-corrected chi connectivity index (χ2v) is 3.80. The summed E-state index contributed by atoms with van der Waals surface area (Å²) in [6.07, 6.45) is 5.23. The predicted octanol–water partition coefficient (Wildman–Crippen LogP) is -0.546. The number of nitrogens with zero attached hydrogens (tertiary/aromatic N) is 4. The van der Waals surface area contributed by atoms with E-state index in [9.17, 15) is 0 Å². The second-order valence-electron chi connectivity index (χ2n) is 3.80. The summed E-state index contributed by atoms with van der Waals surface area (Å²) < 4.78 is 0. The largest absolute Gasteiger partial charge is 0.355 e. The average molecular weight is 378 g/mol. The molecule has 0 atom stereocenters. The van der Waals surface area contributed by atoms with Crippen LogP contribution >= 0.6 is 24.0 Å². The zero-order chi connectivity index (χ0) is 12.5. The minimum atomic E-state index is 0. The molecule has 19 heavy (non-hydrogen) atoms. The van der Waals surface area contributed by atoms with Crippen molar-refractivity contribution in [3.05, 3.63) is 0 Å². The van der Waals surface area contributed by atoms with Crippen LogP contribution in [0.2, 0.25) is 0 Å². The van der Waals surface area contributed by atoms with Crippen molar-refractivity contribution in [2.24, 2.45) is 20.2 Å². The third-order valence-corrected chi connectivity index (χ3v) is 2.35. The summed E-state index contributed by atoms with van der Waals surface area (Å²) in [4.78, 5) is 8.42. The van der Waals surface area contributed by atoms with Crippen LogP contribution in [0.5, 0.6) is 0 Å². The van der Waals surface area contributed by atoms with E-state index in [0.29, 0.717) is 11.9 Å². The maximum atomic E-state index is 4.21. The van der Waals surface area contributed by atoms with Gasteiger partial charge < -0.3 is 10.6 Å². The molecule has 0 saturated heterocycles. The van der Waals surface area contributed by atoms with Crippen molar-refractivity contribution in [2.75, 3.05) is 26.2 Å². The van der Waals surface area contributed by atoms with Gasteiger partial charge in [0.2, 0.25) is 11.9 Å². The highest BCUT2D eigenvalue weighted by Gasteiger charge is 2.01. The molecule has 2 aliphatic heterocycles. The molecule has 2 aliphatic rings. The van der Waals surface area contributed by atoms with Gasteiger partial charge in [-0.2, -0.15) is 10.2 Å². The van der Waals surface area contributed by atoms with Crippen LogP contribution in [-0.2, 0) is 0 Å². The van der Waals surface area contributed by atoms with E-state index in [4.69, 9.17) is 0 Å². The molecule has 4 N–H and O–H groups in total. The first kappa shape index (κ1) is 15.7. The van der Waals surface area contributed by atoms with Crippen LogP contribution in [-0.4, -0.2) is 50.5 Å². The van der Waals surface area contributed by atoms with E-state index in [0.717, 1.165) is 39.0 Å². The van der Waals surface area contributed by atoms with Crippen molar-refractivity contribution in [3.8, 4) is 0 Å². The number of aliphatic imine (C=N–C) groups is 2. The Morgan fingerprint density at radius 1 is 0.895 bits per heavy atom. The van der Waals surface area contributed by atoms with E-state index >= 15 is 0 Å². The number of hydrazone groups is 2. The molecule has 0 spiro atoms. The van der Waals surface area contributed by atoms with Gasteiger partial charge in [0.25, 0.3) is 0 Å². The van der Waals surface area contributed by atoms with Gasteiger partial charge in [0, 0.05) is 26.2 Å². The van der Waals surface area contributed by atoms with Gasteiger partial charge in [-0.25, -0.2) is 10.9 Å². The van der Waals surface area contributed by atoms with E-state index in [1.165, 1.54) is 0 Å². The lowest BCUT2D eigenvalue weighted by Crippen LogP contribution is -2.38. The lowest BCUT2D eigenvalue weighted by atomic mass is 10.4. The first-order valence-electron chi connectivity index (χ1n) is 6.08. The molecule has 9 heteroatoms. The van der Waals surface area contributed by atoms with Gasteiger partial charge in [-0.1, -0.05) is 0 Å². The SMILES string of the molecule is C(/C=N/NC1=NCCCN1)=N\NC1=NCCCN1.I. The number of hydrogen-bond acceptors (Lipinski definition) is 8. The molecular formula is C10H19IN8. The van der Waals surface area contributed by atoms with Gasteiger partial charge in [0.15, 0.2) is 0 Å². The number of halogens is 1. The normalized spacial score (nSPS) is 18.9. The molecule has 0 aromatic carbocycles. The van der Waals surface area contributed by atoms with Crippen LogP contribution in [0.3, 0.4) is 0 Å². The van der Waals surface area contributed by atoms with Crippen LogP contribution in [0.25, 0.3) is 0 Å². The summed E-state index contributed by atoms with van der Waals surface area (Å²) in [5.74, 6) is 1.41. The van der Waals surface area contributed by atoms with Crippen molar-refractivity contribution < 1.29 is 0 Å². The quantitative estimate of drug-likeness (QED) is 0.301. The minimum Gasteiger partial charge on any atom is -0.355 e. The molecule has 2 rings (SSSR count). The van der Waals surface area contributed by atoms with E-state index in [2.05, 4.69) is 41.7 Å². The topological polar surface area (TPSA) is 97.6 Å². The molecule has 0 aromatic heterocycles. The fourth-order valence-corrected chi connectivity index (χ4v) is 1.48. The van der Waals surface area contributed by atoms with Crippen LogP contribution in [0, 0.1) is 0 Å². The van der Waals surface area contributed by atoms with Crippen molar-refractivity contribution in [1.29, 1.82) is 0 Å². The molecule has 0 unspecified atom stereocenters. The minimum absolute atomic E-state index is 0. The van der Waals surface area contributed by atoms with Gasteiger partial charge in [0.1, 0.15) is 0 Å². The Morgan fingerprint density at radius 3 is 1.74 bits per heavy atom. The molecular weight excluding hydrogens is 359 g/mol. The lowest BCUT2D eigenvalue weighted by Gasteiger charge is -2.12. The van der Waals surface area contributed by atoms with Crippen LogP contribution in [0.1, 0.15) is 12.8 Å². The number of rotatable bonds is 3. The molecule has 106 valence electrons.